The predicted octanol–water partition coefficient (Wildman–Crippen LogP) is 1.66. The SMILES string of the molecule is COCC(N)COC(C(C)C)C(C)C. The molecule has 3 heteroatoms. The van der Waals surface area contributed by atoms with E-state index < -0.39 is 0 Å². The second-order valence-corrected chi connectivity index (χ2v) is 4.50. The van der Waals surface area contributed by atoms with E-state index in [0.29, 0.717) is 25.0 Å². The maximum absolute atomic E-state index is 5.78. The fourth-order valence-corrected chi connectivity index (χ4v) is 1.65. The number of hydrogen-bond acceptors (Lipinski definition) is 3. The third kappa shape index (κ3) is 5.58. The van der Waals surface area contributed by atoms with Gasteiger partial charge in [0.25, 0.3) is 0 Å². The Kier molecular flexibility index (Phi) is 7.15. The summed E-state index contributed by atoms with van der Waals surface area (Å²) in [5.41, 5.74) is 5.78. The molecule has 0 aromatic rings. The predicted molar refractivity (Wildman–Crippen MR) is 59.3 cm³/mol. The van der Waals surface area contributed by atoms with Crippen molar-refractivity contribution in [1.29, 1.82) is 0 Å². The summed E-state index contributed by atoms with van der Waals surface area (Å²) in [6, 6.07) is -0.0139. The van der Waals surface area contributed by atoms with Crippen LogP contribution in [0.5, 0.6) is 0 Å². The van der Waals surface area contributed by atoms with Crippen molar-refractivity contribution in [3.63, 3.8) is 0 Å². The fourth-order valence-electron chi connectivity index (χ4n) is 1.65. The lowest BCUT2D eigenvalue weighted by atomic mass is 9.96. The van der Waals surface area contributed by atoms with E-state index in [1.807, 2.05) is 0 Å². The highest BCUT2D eigenvalue weighted by molar-refractivity contribution is 4.68. The molecule has 0 radical (unpaired) electrons. The summed E-state index contributed by atoms with van der Waals surface area (Å²) >= 11 is 0. The van der Waals surface area contributed by atoms with E-state index in [1.54, 1.807) is 7.11 Å². The molecule has 3 nitrogen and oxygen atoms in total. The van der Waals surface area contributed by atoms with E-state index in [2.05, 4.69) is 27.7 Å². The molecule has 1 unspecified atom stereocenters. The molecule has 2 N–H and O–H groups in total. The zero-order valence-corrected chi connectivity index (χ0v) is 10.1. The minimum absolute atomic E-state index is 0.0139. The van der Waals surface area contributed by atoms with E-state index in [4.69, 9.17) is 15.2 Å². The first-order valence-corrected chi connectivity index (χ1v) is 5.35. The van der Waals surface area contributed by atoms with E-state index in [-0.39, 0.29) is 12.1 Å². The van der Waals surface area contributed by atoms with Gasteiger partial charge in [-0.25, -0.2) is 0 Å². The molecule has 0 heterocycles. The van der Waals surface area contributed by atoms with Crippen LogP contribution in [0.25, 0.3) is 0 Å². The number of hydrogen-bond donors (Lipinski definition) is 1. The molecule has 0 aliphatic heterocycles. The smallest absolute Gasteiger partial charge is 0.0644 e. The molecule has 0 aliphatic carbocycles. The lowest BCUT2D eigenvalue weighted by Gasteiger charge is -2.26. The quantitative estimate of drug-likeness (QED) is 0.684. The zero-order chi connectivity index (χ0) is 11.1. The molecule has 0 amide bonds. The van der Waals surface area contributed by atoms with Crippen LogP contribution in [-0.4, -0.2) is 32.5 Å². The number of rotatable bonds is 7. The monoisotopic (exact) mass is 203 g/mol. The van der Waals surface area contributed by atoms with Gasteiger partial charge < -0.3 is 15.2 Å². The van der Waals surface area contributed by atoms with Gasteiger partial charge in [-0.2, -0.15) is 0 Å². The van der Waals surface area contributed by atoms with Gasteiger partial charge in [-0.3, -0.25) is 0 Å². The van der Waals surface area contributed by atoms with Gasteiger partial charge in [0.2, 0.25) is 0 Å². The molecule has 0 fully saturated rings. The first-order valence-electron chi connectivity index (χ1n) is 5.35. The van der Waals surface area contributed by atoms with Crippen molar-refractivity contribution in [1.82, 2.24) is 0 Å². The molecular weight excluding hydrogens is 178 g/mol. The third-order valence-electron chi connectivity index (χ3n) is 2.20. The summed E-state index contributed by atoms with van der Waals surface area (Å²) in [5, 5.41) is 0. The molecule has 0 aromatic heterocycles. The van der Waals surface area contributed by atoms with Crippen LogP contribution in [0.4, 0.5) is 0 Å². The van der Waals surface area contributed by atoms with Gasteiger partial charge in [-0.1, -0.05) is 27.7 Å². The fraction of sp³-hybridized carbons (Fsp3) is 1.00. The van der Waals surface area contributed by atoms with Gasteiger partial charge in [0.15, 0.2) is 0 Å². The highest BCUT2D eigenvalue weighted by Gasteiger charge is 2.18. The van der Waals surface area contributed by atoms with Crippen LogP contribution in [-0.2, 0) is 9.47 Å². The third-order valence-corrected chi connectivity index (χ3v) is 2.20. The van der Waals surface area contributed by atoms with Gasteiger partial charge in [0.05, 0.1) is 25.4 Å². The Balaban J connectivity index is 3.82. The first-order chi connectivity index (χ1) is 6.49. The molecule has 1 atom stereocenters. The van der Waals surface area contributed by atoms with Gasteiger partial charge in [0, 0.05) is 7.11 Å². The van der Waals surface area contributed by atoms with Gasteiger partial charge in [-0.05, 0) is 11.8 Å². The Morgan fingerprint density at radius 1 is 1.00 bits per heavy atom. The van der Waals surface area contributed by atoms with Crippen molar-refractivity contribution in [2.45, 2.75) is 39.8 Å². The summed E-state index contributed by atoms with van der Waals surface area (Å²) in [7, 11) is 1.65. The number of nitrogens with two attached hydrogens (primary N) is 1. The highest BCUT2D eigenvalue weighted by Crippen LogP contribution is 2.16. The Hall–Kier alpha value is -0.120. The van der Waals surface area contributed by atoms with Gasteiger partial charge >= 0.3 is 0 Å². The summed E-state index contributed by atoms with van der Waals surface area (Å²) in [6.45, 7) is 9.83. The minimum Gasteiger partial charge on any atom is -0.383 e. The second-order valence-electron chi connectivity index (χ2n) is 4.50. The van der Waals surface area contributed by atoms with Crippen molar-refractivity contribution < 1.29 is 9.47 Å². The molecular formula is C11H25NO2. The van der Waals surface area contributed by atoms with Crippen molar-refractivity contribution >= 4 is 0 Å². The minimum atomic E-state index is -0.0139. The molecule has 0 saturated heterocycles. The lowest BCUT2D eigenvalue weighted by Crippen LogP contribution is -2.36. The van der Waals surface area contributed by atoms with Crippen molar-refractivity contribution in [2.24, 2.45) is 17.6 Å². The Bertz CT molecular complexity index is 129. The number of methoxy groups -OCH3 is 1. The highest BCUT2D eigenvalue weighted by atomic mass is 16.5. The topological polar surface area (TPSA) is 44.5 Å². The van der Waals surface area contributed by atoms with E-state index in [0.717, 1.165) is 0 Å². The average molecular weight is 203 g/mol. The maximum Gasteiger partial charge on any atom is 0.0644 e. The molecule has 0 aromatic carbocycles. The van der Waals surface area contributed by atoms with Crippen LogP contribution in [0.1, 0.15) is 27.7 Å². The van der Waals surface area contributed by atoms with Crippen molar-refractivity contribution in [3.8, 4) is 0 Å². The van der Waals surface area contributed by atoms with E-state index in [9.17, 15) is 0 Å². The van der Waals surface area contributed by atoms with Crippen LogP contribution >= 0.6 is 0 Å². The zero-order valence-electron chi connectivity index (χ0n) is 10.1. The van der Waals surface area contributed by atoms with Gasteiger partial charge in [-0.15, -0.1) is 0 Å². The van der Waals surface area contributed by atoms with Crippen LogP contribution in [0.15, 0.2) is 0 Å². The standard InChI is InChI=1S/C11H25NO2/c1-8(2)11(9(3)4)14-7-10(12)6-13-5/h8-11H,6-7,12H2,1-5H3. The summed E-state index contributed by atoms with van der Waals surface area (Å²) in [6.07, 6.45) is 0.290. The number of ether oxygens (including phenoxy) is 2. The summed E-state index contributed by atoms with van der Waals surface area (Å²) in [4.78, 5) is 0. The largest absolute Gasteiger partial charge is 0.383 e. The molecule has 0 bridgehead atoms. The van der Waals surface area contributed by atoms with Crippen LogP contribution in [0, 0.1) is 11.8 Å². The second kappa shape index (κ2) is 7.21. The van der Waals surface area contributed by atoms with E-state index in [1.165, 1.54) is 0 Å². The van der Waals surface area contributed by atoms with Crippen LogP contribution in [0.2, 0.25) is 0 Å². The summed E-state index contributed by atoms with van der Waals surface area (Å²) in [5.74, 6) is 1.06. The molecule has 0 saturated carbocycles. The molecule has 0 aliphatic rings. The average Bonchev–Trinajstić information content (AvgIpc) is 2.03. The van der Waals surface area contributed by atoms with Gasteiger partial charge in [0.1, 0.15) is 0 Å². The lowest BCUT2D eigenvalue weighted by molar-refractivity contribution is -0.0218. The van der Waals surface area contributed by atoms with E-state index >= 15 is 0 Å². The summed E-state index contributed by atoms with van der Waals surface area (Å²) < 4.78 is 10.7. The Morgan fingerprint density at radius 3 is 1.86 bits per heavy atom. The molecule has 0 rings (SSSR count). The Labute approximate surface area is 88.0 Å². The molecule has 14 heavy (non-hydrogen) atoms. The van der Waals surface area contributed by atoms with Crippen molar-refractivity contribution in [3.05, 3.63) is 0 Å². The first kappa shape index (κ1) is 13.9. The van der Waals surface area contributed by atoms with Crippen molar-refractivity contribution in [2.75, 3.05) is 20.3 Å². The van der Waals surface area contributed by atoms with Crippen LogP contribution < -0.4 is 5.73 Å². The maximum atomic E-state index is 5.78. The Morgan fingerprint density at radius 2 is 1.50 bits per heavy atom. The normalized spacial score (nSPS) is 14.4. The van der Waals surface area contributed by atoms with Crippen LogP contribution in [0.3, 0.4) is 0 Å². The molecule has 86 valence electrons. The molecule has 0 spiro atoms.